The molecule has 1 atom stereocenters. The average Bonchev–Trinajstić information content (AvgIpc) is 2.70. The molecule has 0 aliphatic carbocycles. The summed E-state index contributed by atoms with van der Waals surface area (Å²) >= 11 is 0. The summed E-state index contributed by atoms with van der Waals surface area (Å²) in [5.74, 6) is 0.0146. The predicted octanol–water partition coefficient (Wildman–Crippen LogP) is 9.54. The van der Waals surface area contributed by atoms with Gasteiger partial charge in [0.25, 0.3) is 0 Å². The van der Waals surface area contributed by atoms with Crippen molar-refractivity contribution in [3.05, 3.63) is 0 Å². The zero-order valence-corrected chi connectivity index (χ0v) is 20.5. The minimum Gasteiger partial charge on any atom is -0.463 e. The molecule has 0 aliphatic heterocycles. The van der Waals surface area contributed by atoms with E-state index in [4.69, 9.17) is 4.74 Å². The molecule has 0 spiro atoms. The summed E-state index contributed by atoms with van der Waals surface area (Å²) in [5.41, 5.74) is 0. The Morgan fingerprint density at radius 1 is 0.552 bits per heavy atom. The summed E-state index contributed by atoms with van der Waals surface area (Å²) in [6.07, 6.45) is 28.5. The number of esters is 1. The summed E-state index contributed by atoms with van der Waals surface area (Å²) in [6.45, 7) is 6.57. The van der Waals surface area contributed by atoms with Crippen LogP contribution in [0.1, 0.15) is 162 Å². The van der Waals surface area contributed by atoms with Crippen LogP contribution in [0.2, 0.25) is 0 Å². The molecule has 0 radical (unpaired) electrons. The van der Waals surface area contributed by atoms with Crippen LogP contribution in [0.4, 0.5) is 0 Å². The van der Waals surface area contributed by atoms with Gasteiger partial charge in [-0.3, -0.25) is 4.79 Å². The third-order valence-corrected chi connectivity index (χ3v) is 6.03. The molecule has 0 amide bonds. The number of hydrogen-bond acceptors (Lipinski definition) is 2. The molecule has 0 heterocycles. The van der Waals surface area contributed by atoms with Crippen molar-refractivity contribution in [2.45, 2.75) is 168 Å². The third kappa shape index (κ3) is 23.6. The van der Waals surface area contributed by atoms with Crippen molar-refractivity contribution < 1.29 is 9.53 Å². The molecule has 0 rings (SSSR count). The van der Waals surface area contributed by atoms with Gasteiger partial charge in [0.1, 0.15) is 0 Å². The molecule has 174 valence electrons. The van der Waals surface area contributed by atoms with Crippen LogP contribution in [0.5, 0.6) is 0 Å². The van der Waals surface area contributed by atoms with Gasteiger partial charge in [-0.2, -0.15) is 0 Å². The lowest BCUT2D eigenvalue weighted by Gasteiger charge is -2.13. The highest BCUT2D eigenvalue weighted by Crippen LogP contribution is 2.14. The number of ether oxygens (including phenoxy) is 1. The molecule has 2 heteroatoms. The fraction of sp³-hybridized carbons (Fsp3) is 0.963. The fourth-order valence-electron chi connectivity index (χ4n) is 4.02. The Labute approximate surface area is 184 Å². The second kappa shape index (κ2) is 23.7. The van der Waals surface area contributed by atoms with Gasteiger partial charge in [-0.25, -0.2) is 0 Å². The van der Waals surface area contributed by atoms with E-state index in [-0.39, 0.29) is 12.1 Å². The van der Waals surface area contributed by atoms with E-state index in [2.05, 4.69) is 13.8 Å². The predicted molar refractivity (Wildman–Crippen MR) is 128 cm³/mol. The van der Waals surface area contributed by atoms with Gasteiger partial charge < -0.3 is 4.74 Å². The zero-order chi connectivity index (χ0) is 21.4. The van der Waals surface area contributed by atoms with Crippen molar-refractivity contribution in [2.24, 2.45) is 0 Å². The summed E-state index contributed by atoms with van der Waals surface area (Å²) in [4.78, 5) is 11.9. The minimum atomic E-state index is 0.0146. The third-order valence-electron chi connectivity index (χ3n) is 6.03. The first kappa shape index (κ1) is 28.5. The standard InChI is InChI=1S/C27H54O2/c1-4-6-8-10-11-12-13-14-15-16-17-18-19-21-23-25-27(28)29-26(3)24-22-20-9-7-5-2/h26H,4-25H2,1-3H3. The largest absolute Gasteiger partial charge is 0.463 e. The van der Waals surface area contributed by atoms with E-state index >= 15 is 0 Å². The van der Waals surface area contributed by atoms with Crippen LogP contribution in [-0.4, -0.2) is 12.1 Å². The second-order valence-corrected chi connectivity index (χ2v) is 9.20. The van der Waals surface area contributed by atoms with Gasteiger partial charge in [0.2, 0.25) is 0 Å². The van der Waals surface area contributed by atoms with E-state index in [1.54, 1.807) is 0 Å². The van der Waals surface area contributed by atoms with Gasteiger partial charge in [0.05, 0.1) is 6.10 Å². The highest BCUT2D eigenvalue weighted by molar-refractivity contribution is 5.69. The number of carbonyl (C=O) groups excluding carboxylic acids is 1. The highest BCUT2D eigenvalue weighted by atomic mass is 16.5. The molecule has 0 bridgehead atoms. The Morgan fingerprint density at radius 3 is 1.31 bits per heavy atom. The SMILES string of the molecule is CCCCCCCCCCCCCCCCCC(=O)OC(C)CCCCCCC. The summed E-state index contributed by atoms with van der Waals surface area (Å²) in [6, 6.07) is 0. The van der Waals surface area contributed by atoms with Crippen LogP contribution in [0.15, 0.2) is 0 Å². The van der Waals surface area contributed by atoms with Gasteiger partial charge >= 0.3 is 5.97 Å². The van der Waals surface area contributed by atoms with Crippen molar-refractivity contribution in [1.82, 2.24) is 0 Å². The van der Waals surface area contributed by atoms with Gasteiger partial charge in [-0.15, -0.1) is 0 Å². The molecule has 0 aliphatic rings. The van der Waals surface area contributed by atoms with Crippen LogP contribution in [0.25, 0.3) is 0 Å². The Bertz CT molecular complexity index is 326. The highest BCUT2D eigenvalue weighted by Gasteiger charge is 2.09. The summed E-state index contributed by atoms with van der Waals surface area (Å²) in [5, 5.41) is 0. The van der Waals surface area contributed by atoms with Gasteiger partial charge in [0.15, 0.2) is 0 Å². The molecular weight excluding hydrogens is 356 g/mol. The van der Waals surface area contributed by atoms with E-state index in [9.17, 15) is 4.79 Å². The van der Waals surface area contributed by atoms with Crippen LogP contribution >= 0.6 is 0 Å². The topological polar surface area (TPSA) is 26.3 Å². The second-order valence-electron chi connectivity index (χ2n) is 9.20. The first-order valence-electron chi connectivity index (χ1n) is 13.4. The molecule has 0 aromatic heterocycles. The fourth-order valence-corrected chi connectivity index (χ4v) is 4.02. The van der Waals surface area contributed by atoms with Crippen molar-refractivity contribution in [3.63, 3.8) is 0 Å². The molecule has 0 N–H and O–H groups in total. The molecule has 0 fully saturated rings. The van der Waals surface area contributed by atoms with Gasteiger partial charge in [-0.05, 0) is 26.2 Å². The van der Waals surface area contributed by atoms with Crippen LogP contribution in [0, 0.1) is 0 Å². The maximum absolute atomic E-state index is 11.9. The molecular formula is C27H54O2. The van der Waals surface area contributed by atoms with E-state index in [0.717, 1.165) is 12.8 Å². The first-order chi connectivity index (χ1) is 14.2. The number of rotatable bonds is 23. The molecule has 2 nitrogen and oxygen atoms in total. The Morgan fingerprint density at radius 2 is 0.897 bits per heavy atom. The van der Waals surface area contributed by atoms with Crippen molar-refractivity contribution in [2.75, 3.05) is 0 Å². The summed E-state index contributed by atoms with van der Waals surface area (Å²) < 4.78 is 5.54. The first-order valence-corrected chi connectivity index (χ1v) is 13.4. The molecule has 0 saturated carbocycles. The number of unbranched alkanes of at least 4 members (excludes halogenated alkanes) is 18. The van der Waals surface area contributed by atoms with E-state index in [1.165, 1.54) is 122 Å². The molecule has 0 saturated heterocycles. The number of hydrogen-bond donors (Lipinski definition) is 0. The smallest absolute Gasteiger partial charge is 0.306 e. The number of carbonyl (C=O) groups is 1. The normalized spacial score (nSPS) is 12.2. The van der Waals surface area contributed by atoms with Crippen molar-refractivity contribution in [3.8, 4) is 0 Å². The van der Waals surface area contributed by atoms with Crippen molar-refractivity contribution >= 4 is 5.97 Å². The van der Waals surface area contributed by atoms with Crippen LogP contribution < -0.4 is 0 Å². The monoisotopic (exact) mass is 410 g/mol. The lowest BCUT2D eigenvalue weighted by atomic mass is 10.0. The van der Waals surface area contributed by atoms with Gasteiger partial charge in [-0.1, -0.05) is 129 Å². The maximum Gasteiger partial charge on any atom is 0.306 e. The molecule has 29 heavy (non-hydrogen) atoms. The van der Waals surface area contributed by atoms with Gasteiger partial charge in [0, 0.05) is 6.42 Å². The average molecular weight is 411 g/mol. The molecule has 1 unspecified atom stereocenters. The Hall–Kier alpha value is -0.530. The zero-order valence-electron chi connectivity index (χ0n) is 20.5. The van der Waals surface area contributed by atoms with E-state index in [1.807, 2.05) is 6.92 Å². The van der Waals surface area contributed by atoms with Crippen LogP contribution in [-0.2, 0) is 9.53 Å². The lowest BCUT2D eigenvalue weighted by molar-refractivity contribution is -0.148. The molecule has 0 aromatic carbocycles. The summed E-state index contributed by atoms with van der Waals surface area (Å²) in [7, 11) is 0. The minimum absolute atomic E-state index is 0.0146. The van der Waals surface area contributed by atoms with E-state index in [0.29, 0.717) is 6.42 Å². The lowest BCUT2D eigenvalue weighted by Crippen LogP contribution is -2.14. The van der Waals surface area contributed by atoms with Crippen LogP contribution in [0.3, 0.4) is 0 Å². The Kier molecular flexibility index (Phi) is 23.3. The quantitative estimate of drug-likeness (QED) is 0.124. The van der Waals surface area contributed by atoms with E-state index < -0.39 is 0 Å². The molecule has 0 aromatic rings. The Balaban J connectivity index is 3.24. The van der Waals surface area contributed by atoms with Crippen molar-refractivity contribution in [1.29, 1.82) is 0 Å². The maximum atomic E-state index is 11.9.